The van der Waals surface area contributed by atoms with Crippen molar-refractivity contribution in [1.29, 1.82) is 0 Å². The van der Waals surface area contributed by atoms with Gasteiger partial charge in [0.25, 0.3) is 0 Å². The maximum atomic E-state index is 12.2. The molecule has 2 N–H and O–H groups in total. The lowest BCUT2D eigenvalue weighted by atomic mass is 10.0. The standard InChI is InChI=1S/C18H27N3O4S/c1-25-17-4-2-3-15(11-17)20-18(22)12-21-8-5-14(6-9-21)19-16-7-10-26(23,24)13-16/h2-4,11,14,16,19H,5-10,12-13H2,1H3,(H,20,22). The van der Waals surface area contributed by atoms with Crippen molar-refractivity contribution >= 4 is 21.4 Å². The van der Waals surface area contributed by atoms with Crippen LogP contribution < -0.4 is 15.4 Å². The van der Waals surface area contributed by atoms with E-state index >= 15 is 0 Å². The predicted molar refractivity (Wildman–Crippen MR) is 101 cm³/mol. The van der Waals surface area contributed by atoms with Gasteiger partial charge in [-0.1, -0.05) is 6.07 Å². The average Bonchev–Trinajstić information content (AvgIpc) is 2.95. The summed E-state index contributed by atoms with van der Waals surface area (Å²) in [6.07, 6.45) is 2.58. The summed E-state index contributed by atoms with van der Waals surface area (Å²) in [6.45, 7) is 2.03. The Morgan fingerprint density at radius 1 is 1.23 bits per heavy atom. The Bertz CT molecular complexity index is 730. The number of nitrogens with zero attached hydrogens (tertiary/aromatic N) is 1. The first-order valence-electron chi connectivity index (χ1n) is 9.06. The molecule has 2 saturated heterocycles. The van der Waals surface area contributed by atoms with E-state index in [9.17, 15) is 13.2 Å². The number of benzene rings is 1. The number of hydrogen-bond acceptors (Lipinski definition) is 6. The minimum atomic E-state index is -2.84. The molecule has 2 fully saturated rings. The molecule has 26 heavy (non-hydrogen) atoms. The number of carbonyl (C=O) groups excluding carboxylic acids is 1. The van der Waals surface area contributed by atoms with Gasteiger partial charge in [0.05, 0.1) is 25.2 Å². The first-order chi connectivity index (χ1) is 12.4. The van der Waals surface area contributed by atoms with Gasteiger partial charge in [-0.3, -0.25) is 9.69 Å². The van der Waals surface area contributed by atoms with Gasteiger partial charge in [-0.2, -0.15) is 0 Å². The highest BCUT2D eigenvalue weighted by atomic mass is 32.2. The second-order valence-electron chi connectivity index (χ2n) is 7.10. The van der Waals surface area contributed by atoms with Crippen molar-refractivity contribution in [3.8, 4) is 5.75 Å². The van der Waals surface area contributed by atoms with Crippen LogP contribution in [0, 0.1) is 0 Å². The van der Waals surface area contributed by atoms with E-state index in [1.54, 1.807) is 13.2 Å². The van der Waals surface area contributed by atoms with Crippen LogP contribution in [0.5, 0.6) is 5.75 Å². The van der Waals surface area contributed by atoms with Crippen LogP contribution in [-0.2, 0) is 14.6 Å². The number of methoxy groups -OCH3 is 1. The summed E-state index contributed by atoms with van der Waals surface area (Å²) in [5.41, 5.74) is 0.730. The lowest BCUT2D eigenvalue weighted by molar-refractivity contribution is -0.117. The minimum Gasteiger partial charge on any atom is -0.497 e. The molecule has 0 saturated carbocycles. The molecule has 1 unspecified atom stereocenters. The Kier molecular flexibility index (Phi) is 6.16. The zero-order valence-electron chi connectivity index (χ0n) is 15.1. The molecule has 2 heterocycles. The van der Waals surface area contributed by atoms with E-state index in [0.29, 0.717) is 30.5 Å². The van der Waals surface area contributed by atoms with E-state index in [4.69, 9.17) is 4.74 Å². The molecule has 1 atom stereocenters. The maximum absolute atomic E-state index is 12.2. The summed E-state index contributed by atoms with van der Waals surface area (Å²) in [5, 5.41) is 6.38. The van der Waals surface area contributed by atoms with E-state index in [1.807, 2.05) is 18.2 Å². The van der Waals surface area contributed by atoms with Gasteiger partial charge < -0.3 is 15.4 Å². The summed E-state index contributed by atoms with van der Waals surface area (Å²) in [7, 11) is -1.25. The first-order valence-corrected chi connectivity index (χ1v) is 10.9. The highest BCUT2D eigenvalue weighted by Crippen LogP contribution is 2.18. The second-order valence-corrected chi connectivity index (χ2v) is 9.33. The van der Waals surface area contributed by atoms with Crippen LogP contribution in [0.3, 0.4) is 0 Å². The fourth-order valence-electron chi connectivity index (χ4n) is 3.62. The van der Waals surface area contributed by atoms with Crippen LogP contribution in [-0.4, -0.2) is 69.6 Å². The Hall–Kier alpha value is -1.64. The smallest absolute Gasteiger partial charge is 0.238 e. The highest BCUT2D eigenvalue weighted by molar-refractivity contribution is 7.91. The van der Waals surface area contributed by atoms with Crippen molar-refractivity contribution in [3.05, 3.63) is 24.3 Å². The molecule has 1 aromatic rings. The Morgan fingerprint density at radius 2 is 2.00 bits per heavy atom. The van der Waals surface area contributed by atoms with Crippen molar-refractivity contribution in [3.63, 3.8) is 0 Å². The molecule has 0 aliphatic carbocycles. The summed E-state index contributed by atoms with van der Waals surface area (Å²) >= 11 is 0. The number of rotatable bonds is 6. The fourth-order valence-corrected chi connectivity index (χ4v) is 5.31. The average molecular weight is 381 g/mol. The number of carbonyl (C=O) groups is 1. The van der Waals surface area contributed by atoms with Crippen LogP contribution in [0.25, 0.3) is 0 Å². The first kappa shape index (κ1) is 19.1. The molecule has 2 aliphatic heterocycles. The quantitative estimate of drug-likeness (QED) is 0.760. The summed E-state index contributed by atoms with van der Waals surface area (Å²) in [6, 6.07) is 7.74. The molecule has 8 heteroatoms. The number of anilines is 1. The van der Waals surface area contributed by atoms with Gasteiger partial charge in [-0.05, 0) is 31.4 Å². The van der Waals surface area contributed by atoms with Gasteiger partial charge in [-0.15, -0.1) is 0 Å². The van der Waals surface area contributed by atoms with Crippen molar-refractivity contribution in [2.24, 2.45) is 0 Å². The SMILES string of the molecule is COc1cccc(NC(=O)CN2CCC(NC3CCS(=O)(=O)C3)CC2)c1. The molecule has 2 aliphatic rings. The van der Waals surface area contributed by atoms with Crippen molar-refractivity contribution in [2.45, 2.75) is 31.3 Å². The molecular formula is C18H27N3O4S. The summed E-state index contributed by atoms with van der Waals surface area (Å²) < 4.78 is 28.3. The number of amides is 1. The predicted octanol–water partition coefficient (Wildman–Crippen LogP) is 0.875. The normalized spacial score (nSPS) is 23.7. The van der Waals surface area contributed by atoms with E-state index in [-0.39, 0.29) is 17.7 Å². The number of likely N-dealkylation sites (tertiary alicyclic amines) is 1. The summed E-state index contributed by atoms with van der Waals surface area (Å²) in [4.78, 5) is 14.4. The van der Waals surface area contributed by atoms with Gasteiger partial charge in [0.1, 0.15) is 5.75 Å². The lowest BCUT2D eigenvalue weighted by Gasteiger charge is -2.33. The second kappa shape index (κ2) is 8.37. The van der Waals surface area contributed by atoms with Crippen LogP contribution in [0.15, 0.2) is 24.3 Å². The Balaban J connectivity index is 1.40. The van der Waals surface area contributed by atoms with Crippen LogP contribution in [0.1, 0.15) is 19.3 Å². The number of nitrogens with one attached hydrogen (secondary N) is 2. The van der Waals surface area contributed by atoms with E-state index < -0.39 is 9.84 Å². The molecule has 0 bridgehead atoms. The molecular weight excluding hydrogens is 354 g/mol. The third-order valence-electron chi connectivity index (χ3n) is 5.01. The Morgan fingerprint density at radius 3 is 2.65 bits per heavy atom. The number of sulfone groups is 1. The van der Waals surface area contributed by atoms with Gasteiger partial charge >= 0.3 is 0 Å². The lowest BCUT2D eigenvalue weighted by Crippen LogP contribution is -2.48. The number of piperidine rings is 1. The minimum absolute atomic E-state index is 0.0356. The molecule has 144 valence electrons. The third-order valence-corrected chi connectivity index (χ3v) is 6.78. The molecule has 0 aromatic heterocycles. The Labute approximate surface area is 155 Å². The van der Waals surface area contributed by atoms with Gasteiger partial charge in [0, 0.05) is 36.9 Å². The molecule has 1 amide bonds. The number of ether oxygens (including phenoxy) is 1. The van der Waals surface area contributed by atoms with Gasteiger partial charge in [0.2, 0.25) is 5.91 Å². The van der Waals surface area contributed by atoms with Gasteiger partial charge in [0.15, 0.2) is 9.84 Å². The molecule has 7 nitrogen and oxygen atoms in total. The fraction of sp³-hybridized carbons (Fsp3) is 0.611. The van der Waals surface area contributed by atoms with Crippen molar-refractivity contribution in [2.75, 3.05) is 43.6 Å². The highest BCUT2D eigenvalue weighted by Gasteiger charge is 2.30. The summed E-state index contributed by atoms with van der Waals surface area (Å²) in [5.74, 6) is 1.24. The number of hydrogen-bond donors (Lipinski definition) is 2. The van der Waals surface area contributed by atoms with Crippen molar-refractivity contribution in [1.82, 2.24) is 10.2 Å². The van der Waals surface area contributed by atoms with Crippen LogP contribution in [0.2, 0.25) is 0 Å². The van der Waals surface area contributed by atoms with Crippen LogP contribution in [0.4, 0.5) is 5.69 Å². The molecule has 3 rings (SSSR count). The molecule has 1 aromatic carbocycles. The maximum Gasteiger partial charge on any atom is 0.238 e. The van der Waals surface area contributed by atoms with E-state index in [0.717, 1.165) is 31.6 Å². The third kappa shape index (κ3) is 5.43. The van der Waals surface area contributed by atoms with Crippen LogP contribution >= 0.6 is 0 Å². The molecule has 0 radical (unpaired) electrons. The van der Waals surface area contributed by atoms with E-state index in [1.165, 1.54) is 0 Å². The monoisotopic (exact) mass is 381 g/mol. The van der Waals surface area contributed by atoms with Gasteiger partial charge in [-0.25, -0.2) is 8.42 Å². The topological polar surface area (TPSA) is 87.7 Å². The van der Waals surface area contributed by atoms with Crippen molar-refractivity contribution < 1.29 is 17.9 Å². The van der Waals surface area contributed by atoms with E-state index in [2.05, 4.69) is 15.5 Å². The zero-order valence-corrected chi connectivity index (χ0v) is 15.9. The molecule has 0 spiro atoms. The zero-order chi connectivity index (χ0) is 18.6. The largest absolute Gasteiger partial charge is 0.497 e.